The lowest BCUT2D eigenvalue weighted by molar-refractivity contribution is -0.152. The molecule has 0 aromatic rings. The molecule has 0 aromatic heterocycles. The molecule has 1 amide bonds. The van der Waals surface area contributed by atoms with E-state index in [1.165, 1.54) is 12.0 Å². The maximum absolute atomic E-state index is 12.3. The number of hydrogen-bond donors (Lipinski definition) is 0. The van der Waals surface area contributed by atoms with Crippen molar-refractivity contribution in [2.45, 2.75) is 25.8 Å². The first-order valence-corrected chi connectivity index (χ1v) is 6.07. The van der Waals surface area contributed by atoms with Crippen LogP contribution >= 0.6 is 0 Å². The first kappa shape index (κ1) is 12.1. The van der Waals surface area contributed by atoms with Gasteiger partial charge in [0.15, 0.2) is 0 Å². The Morgan fingerprint density at radius 3 is 2.53 bits per heavy atom. The molecule has 2 rings (SSSR count). The smallest absolute Gasteiger partial charge is 0.328 e. The summed E-state index contributed by atoms with van der Waals surface area (Å²) in [6.07, 6.45) is 6.38. The van der Waals surface area contributed by atoms with Crippen LogP contribution in [-0.4, -0.2) is 37.0 Å². The van der Waals surface area contributed by atoms with Gasteiger partial charge >= 0.3 is 5.97 Å². The minimum Gasteiger partial charge on any atom is -0.467 e. The van der Waals surface area contributed by atoms with Crippen LogP contribution < -0.4 is 0 Å². The highest BCUT2D eigenvalue weighted by atomic mass is 16.5. The second-order valence-electron chi connectivity index (χ2n) is 5.04. The fraction of sp³-hybridized carbons (Fsp3) is 0.692. The van der Waals surface area contributed by atoms with Gasteiger partial charge in [-0.2, -0.15) is 0 Å². The number of nitrogens with zero attached hydrogens (tertiary/aromatic N) is 1. The van der Waals surface area contributed by atoms with Crippen LogP contribution in [-0.2, 0) is 14.3 Å². The highest BCUT2D eigenvalue weighted by Crippen LogP contribution is 2.44. The Hall–Kier alpha value is -1.32. The van der Waals surface area contributed by atoms with Crippen LogP contribution in [0.5, 0.6) is 0 Å². The molecule has 17 heavy (non-hydrogen) atoms. The normalized spacial score (nSPS) is 31.4. The average molecular weight is 237 g/mol. The van der Waals surface area contributed by atoms with Crippen molar-refractivity contribution in [3.05, 3.63) is 12.2 Å². The van der Waals surface area contributed by atoms with Crippen molar-refractivity contribution in [2.75, 3.05) is 14.2 Å². The summed E-state index contributed by atoms with van der Waals surface area (Å²) in [5, 5.41) is 0. The Labute approximate surface area is 102 Å². The second kappa shape index (κ2) is 4.51. The molecule has 0 radical (unpaired) electrons. The van der Waals surface area contributed by atoms with Crippen LogP contribution in [0.4, 0.5) is 0 Å². The van der Waals surface area contributed by atoms with E-state index in [1.807, 2.05) is 0 Å². The van der Waals surface area contributed by atoms with Crippen LogP contribution in [0.15, 0.2) is 12.2 Å². The molecule has 94 valence electrons. The van der Waals surface area contributed by atoms with E-state index < -0.39 is 6.04 Å². The van der Waals surface area contributed by atoms with E-state index in [0.29, 0.717) is 11.8 Å². The van der Waals surface area contributed by atoms with Crippen LogP contribution in [0.25, 0.3) is 0 Å². The highest BCUT2D eigenvalue weighted by molar-refractivity contribution is 5.86. The minimum absolute atomic E-state index is 0.0575. The Morgan fingerprint density at radius 2 is 2.06 bits per heavy atom. The topological polar surface area (TPSA) is 46.6 Å². The predicted octanol–water partition coefficient (Wildman–Crippen LogP) is 1.22. The Bertz CT molecular complexity index is 364. The van der Waals surface area contributed by atoms with Gasteiger partial charge in [-0.25, -0.2) is 4.79 Å². The summed E-state index contributed by atoms with van der Waals surface area (Å²) in [5.41, 5.74) is 0. The van der Waals surface area contributed by atoms with Crippen molar-refractivity contribution in [3.63, 3.8) is 0 Å². The van der Waals surface area contributed by atoms with Crippen molar-refractivity contribution >= 4 is 11.9 Å². The molecule has 2 aliphatic carbocycles. The SMILES string of the molecule is COC(=O)[C@H](C)N(C)C(=O)[C@@H]1C[C@@H]2C=C[C@H]1C2. The van der Waals surface area contributed by atoms with Gasteiger partial charge in [0.2, 0.25) is 5.91 Å². The predicted molar refractivity (Wildman–Crippen MR) is 63.1 cm³/mol. The third-order valence-electron chi connectivity index (χ3n) is 4.07. The van der Waals surface area contributed by atoms with Gasteiger partial charge in [-0.05, 0) is 31.6 Å². The zero-order valence-electron chi connectivity index (χ0n) is 10.6. The van der Waals surface area contributed by atoms with Gasteiger partial charge in [-0.1, -0.05) is 12.2 Å². The van der Waals surface area contributed by atoms with E-state index in [4.69, 9.17) is 0 Å². The zero-order chi connectivity index (χ0) is 12.6. The third-order valence-corrected chi connectivity index (χ3v) is 4.07. The number of carbonyl (C=O) groups is 2. The number of ether oxygens (including phenoxy) is 1. The molecular formula is C13H19NO3. The summed E-state index contributed by atoms with van der Waals surface area (Å²) in [4.78, 5) is 25.2. The molecule has 0 aromatic carbocycles. The number of carbonyl (C=O) groups excluding carboxylic acids is 2. The Balaban J connectivity index is 2.00. The summed E-state index contributed by atoms with van der Waals surface area (Å²) < 4.78 is 4.66. The average Bonchev–Trinajstić information content (AvgIpc) is 2.97. The van der Waals surface area contributed by atoms with Crippen LogP contribution in [0.1, 0.15) is 19.8 Å². The Morgan fingerprint density at radius 1 is 1.35 bits per heavy atom. The number of amides is 1. The molecule has 0 saturated heterocycles. The van der Waals surface area contributed by atoms with Crippen LogP contribution in [0.2, 0.25) is 0 Å². The molecule has 4 nitrogen and oxygen atoms in total. The molecule has 2 bridgehead atoms. The first-order valence-electron chi connectivity index (χ1n) is 6.07. The molecule has 0 heterocycles. The van der Waals surface area contributed by atoms with Gasteiger partial charge < -0.3 is 9.64 Å². The van der Waals surface area contributed by atoms with E-state index in [9.17, 15) is 9.59 Å². The van der Waals surface area contributed by atoms with Gasteiger partial charge in [-0.15, -0.1) is 0 Å². The molecule has 4 heteroatoms. The van der Waals surface area contributed by atoms with E-state index in [1.54, 1.807) is 14.0 Å². The molecule has 2 aliphatic rings. The zero-order valence-corrected chi connectivity index (χ0v) is 10.6. The molecular weight excluding hydrogens is 218 g/mol. The summed E-state index contributed by atoms with van der Waals surface area (Å²) in [7, 11) is 3.02. The molecule has 0 aliphatic heterocycles. The van der Waals surface area contributed by atoms with Gasteiger partial charge in [0.1, 0.15) is 6.04 Å². The monoisotopic (exact) mass is 237 g/mol. The van der Waals surface area contributed by atoms with Gasteiger partial charge in [0.25, 0.3) is 0 Å². The number of fused-ring (bicyclic) bond motifs is 2. The quantitative estimate of drug-likeness (QED) is 0.547. The van der Waals surface area contributed by atoms with Crippen molar-refractivity contribution in [1.29, 1.82) is 0 Å². The molecule has 0 N–H and O–H groups in total. The first-order chi connectivity index (χ1) is 8.04. The fourth-order valence-corrected chi connectivity index (χ4v) is 2.85. The lowest BCUT2D eigenvalue weighted by atomic mass is 9.92. The van der Waals surface area contributed by atoms with E-state index in [2.05, 4.69) is 16.9 Å². The highest BCUT2D eigenvalue weighted by Gasteiger charge is 2.42. The molecule has 4 atom stereocenters. The Kier molecular flexibility index (Phi) is 3.22. The number of hydrogen-bond acceptors (Lipinski definition) is 3. The largest absolute Gasteiger partial charge is 0.467 e. The molecule has 1 saturated carbocycles. The maximum atomic E-state index is 12.3. The van der Waals surface area contributed by atoms with E-state index in [-0.39, 0.29) is 17.8 Å². The number of rotatable bonds is 3. The van der Waals surface area contributed by atoms with Gasteiger partial charge in [-0.3, -0.25) is 4.79 Å². The van der Waals surface area contributed by atoms with Gasteiger partial charge in [0, 0.05) is 13.0 Å². The van der Waals surface area contributed by atoms with Crippen molar-refractivity contribution < 1.29 is 14.3 Å². The van der Waals surface area contributed by atoms with Crippen LogP contribution in [0, 0.1) is 17.8 Å². The maximum Gasteiger partial charge on any atom is 0.328 e. The molecule has 0 spiro atoms. The van der Waals surface area contributed by atoms with E-state index in [0.717, 1.165) is 12.8 Å². The van der Waals surface area contributed by atoms with Crippen molar-refractivity contribution in [3.8, 4) is 0 Å². The van der Waals surface area contributed by atoms with Crippen molar-refractivity contribution in [1.82, 2.24) is 4.90 Å². The third kappa shape index (κ3) is 2.08. The summed E-state index contributed by atoms with van der Waals surface area (Å²) in [6.45, 7) is 1.70. The van der Waals surface area contributed by atoms with Gasteiger partial charge in [0.05, 0.1) is 7.11 Å². The summed E-state index contributed by atoms with van der Waals surface area (Å²) in [6, 6.07) is -0.504. The van der Waals surface area contributed by atoms with Crippen LogP contribution in [0.3, 0.4) is 0 Å². The minimum atomic E-state index is -0.504. The lowest BCUT2D eigenvalue weighted by Crippen LogP contribution is -2.44. The molecule has 1 fully saturated rings. The van der Waals surface area contributed by atoms with E-state index >= 15 is 0 Å². The van der Waals surface area contributed by atoms with Crippen molar-refractivity contribution in [2.24, 2.45) is 17.8 Å². The number of esters is 1. The number of likely N-dealkylation sites (N-methyl/N-ethyl adjacent to an activating group) is 1. The lowest BCUT2D eigenvalue weighted by Gasteiger charge is -2.28. The standard InChI is InChI=1S/C13H19NO3/c1-8(13(16)17-3)14(2)12(15)11-7-9-4-5-10(11)6-9/h4-5,8-11H,6-7H2,1-3H3/t8-,9+,10-,11+/m0/s1. The fourth-order valence-electron chi connectivity index (χ4n) is 2.85. The summed E-state index contributed by atoms with van der Waals surface area (Å²) >= 11 is 0. The summed E-state index contributed by atoms with van der Waals surface area (Å²) in [5.74, 6) is 0.706. The second-order valence-corrected chi connectivity index (χ2v) is 5.04. The number of methoxy groups -OCH3 is 1. The number of allylic oxidation sites excluding steroid dienone is 2. The molecule has 0 unspecified atom stereocenters.